The van der Waals surface area contributed by atoms with Crippen molar-refractivity contribution in [2.75, 3.05) is 27.4 Å². The van der Waals surface area contributed by atoms with Gasteiger partial charge in [-0.3, -0.25) is 0 Å². The Morgan fingerprint density at radius 1 is 1.14 bits per heavy atom. The number of fused-ring (bicyclic) bond motifs is 1. The van der Waals surface area contributed by atoms with E-state index in [1.54, 1.807) is 14.2 Å². The number of hydrogen-bond donors (Lipinski definition) is 1. The third-order valence-electron chi connectivity index (χ3n) is 4.80. The molecule has 1 aliphatic rings. The van der Waals surface area contributed by atoms with Gasteiger partial charge in [0.2, 0.25) is 5.90 Å². The van der Waals surface area contributed by atoms with Gasteiger partial charge < -0.3 is 19.3 Å². The summed E-state index contributed by atoms with van der Waals surface area (Å²) < 4.78 is 10.6. The van der Waals surface area contributed by atoms with Crippen LogP contribution in [0.5, 0.6) is 11.5 Å². The number of nitrogens with one attached hydrogen (secondary N) is 1. The van der Waals surface area contributed by atoms with E-state index in [4.69, 9.17) is 25.9 Å². The largest absolute Gasteiger partial charge is 0.493 e. The second-order valence-corrected chi connectivity index (χ2v) is 7.05. The van der Waals surface area contributed by atoms with Crippen LogP contribution < -0.4 is 9.47 Å². The number of benzene rings is 2. The first-order valence-electron chi connectivity index (χ1n) is 9.09. The van der Waals surface area contributed by atoms with Crippen LogP contribution in [-0.2, 0) is 17.7 Å². The van der Waals surface area contributed by atoms with Crippen LogP contribution in [0.2, 0.25) is 5.02 Å². The Balaban J connectivity index is 1.34. The summed E-state index contributed by atoms with van der Waals surface area (Å²) in [4.78, 5) is 13.7. The first-order chi connectivity index (χ1) is 13.7. The predicted octanol–water partition coefficient (Wildman–Crippen LogP) is 4.23. The normalized spacial score (nSPS) is 14.2. The lowest BCUT2D eigenvalue weighted by Gasteiger charge is -2.14. The van der Waals surface area contributed by atoms with Gasteiger partial charge in [0, 0.05) is 28.7 Å². The summed E-state index contributed by atoms with van der Waals surface area (Å²) in [6, 6.07) is 11.7. The van der Waals surface area contributed by atoms with E-state index in [0.29, 0.717) is 30.5 Å². The number of aromatic nitrogens is 1. The van der Waals surface area contributed by atoms with Crippen molar-refractivity contribution >= 4 is 28.4 Å². The molecule has 2 heterocycles. The van der Waals surface area contributed by atoms with E-state index in [-0.39, 0.29) is 0 Å². The van der Waals surface area contributed by atoms with Crippen molar-refractivity contribution in [2.24, 2.45) is 4.99 Å². The molecule has 0 fully saturated rings. The monoisotopic (exact) mass is 399 g/mol. The maximum Gasteiger partial charge on any atom is 0.215 e. The Labute approximate surface area is 168 Å². The quantitative estimate of drug-likeness (QED) is 0.646. The van der Waals surface area contributed by atoms with Crippen LogP contribution in [-0.4, -0.2) is 43.4 Å². The van der Waals surface area contributed by atoms with Crippen molar-refractivity contribution in [1.82, 2.24) is 10.0 Å². The van der Waals surface area contributed by atoms with Gasteiger partial charge in [-0.05, 0) is 47.9 Å². The SMILES string of the molecule is COc1ccc(CC2=NCN(CCc3c[nH]c4ccc(Cl)cc34)O2)cc1OC. The van der Waals surface area contributed by atoms with Crippen LogP contribution in [0.4, 0.5) is 0 Å². The molecule has 2 aromatic carbocycles. The number of nitrogens with zero attached hydrogens (tertiary/aromatic N) is 2. The molecule has 4 rings (SSSR count). The molecule has 3 aromatic rings. The van der Waals surface area contributed by atoms with Crippen molar-refractivity contribution in [1.29, 1.82) is 0 Å². The van der Waals surface area contributed by atoms with Crippen LogP contribution in [0.3, 0.4) is 0 Å². The van der Waals surface area contributed by atoms with Gasteiger partial charge in [0.25, 0.3) is 0 Å². The summed E-state index contributed by atoms with van der Waals surface area (Å²) in [7, 11) is 3.26. The van der Waals surface area contributed by atoms with E-state index in [1.165, 1.54) is 5.56 Å². The summed E-state index contributed by atoms with van der Waals surface area (Å²) in [5.41, 5.74) is 3.37. The topological polar surface area (TPSA) is 59.1 Å². The molecule has 0 bridgehead atoms. The van der Waals surface area contributed by atoms with Crippen molar-refractivity contribution in [3.05, 3.63) is 58.7 Å². The highest BCUT2D eigenvalue weighted by molar-refractivity contribution is 6.31. The molecule has 0 unspecified atom stereocenters. The molecule has 1 N–H and O–H groups in total. The molecule has 0 saturated heterocycles. The molecule has 0 radical (unpaired) electrons. The van der Waals surface area contributed by atoms with Crippen LogP contribution in [0.25, 0.3) is 10.9 Å². The van der Waals surface area contributed by atoms with Crippen LogP contribution in [0.15, 0.2) is 47.6 Å². The predicted molar refractivity (Wildman–Crippen MR) is 110 cm³/mol. The third-order valence-corrected chi connectivity index (χ3v) is 5.04. The molecule has 28 heavy (non-hydrogen) atoms. The molecule has 1 aromatic heterocycles. The molecule has 1 aliphatic heterocycles. The molecule has 0 amide bonds. The highest BCUT2D eigenvalue weighted by Gasteiger charge is 2.19. The Morgan fingerprint density at radius 3 is 2.82 bits per heavy atom. The zero-order valence-corrected chi connectivity index (χ0v) is 16.6. The van der Waals surface area contributed by atoms with Crippen molar-refractivity contribution in [3.8, 4) is 11.5 Å². The molecule has 0 saturated carbocycles. The first-order valence-corrected chi connectivity index (χ1v) is 9.46. The maximum absolute atomic E-state index is 6.13. The van der Waals surface area contributed by atoms with Crippen LogP contribution in [0.1, 0.15) is 11.1 Å². The maximum atomic E-state index is 6.13. The number of H-pyrrole nitrogens is 1. The van der Waals surface area contributed by atoms with E-state index in [9.17, 15) is 0 Å². The average molecular weight is 400 g/mol. The number of hydrogen-bond acceptors (Lipinski definition) is 5. The highest BCUT2D eigenvalue weighted by Crippen LogP contribution is 2.28. The standard InChI is InChI=1S/C21H22ClN3O3/c1-26-19-6-3-14(9-20(19)27-2)10-21-24-13-25(28-21)8-7-15-12-23-18-5-4-16(22)11-17(15)18/h3-6,9,11-12,23H,7-8,10,13H2,1-2H3. The molecular weight excluding hydrogens is 378 g/mol. The van der Waals surface area contributed by atoms with E-state index < -0.39 is 0 Å². The minimum absolute atomic E-state index is 0.533. The van der Waals surface area contributed by atoms with Gasteiger partial charge in [-0.15, -0.1) is 5.06 Å². The third kappa shape index (κ3) is 3.93. The van der Waals surface area contributed by atoms with E-state index in [1.807, 2.05) is 47.7 Å². The summed E-state index contributed by atoms with van der Waals surface area (Å²) >= 11 is 6.13. The fourth-order valence-corrected chi connectivity index (χ4v) is 3.51. The molecule has 0 aliphatic carbocycles. The number of rotatable bonds is 7. The van der Waals surface area contributed by atoms with E-state index in [0.717, 1.165) is 34.5 Å². The van der Waals surface area contributed by atoms with Crippen molar-refractivity contribution < 1.29 is 14.3 Å². The Morgan fingerprint density at radius 2 is 2.00 bits per heavy atom. The van der Waals surface area contributed by atoms with Crippen LogP contribution in [0, 0.1) is 0 Å². The number of hydroxylamine groups is 2. The lowest BCUT2D eigenvalue weighted by molar-refractivity contribution is -0.0492. The minimum atomic E-state index is 0.533. The summed E-state index contributed by atoms with van der Waals surface area (Å²) in [5, 5.41) is 3.77. The molecule has 6 nitrogen and oxygen atoms in total. The smallest absolute Gasteiger partial charge is 0.215 e. The lowest BCUT2D eigenvalue weighted by Crippen LogP contribution is -2.24. The van der Waals surface area contributed by atoms with Gasteiger partial charge >= 0.3 is 0 Å². The number of ether oxygens (including phenoxy) is 2. The van der Waals surface area contributed by atoms with Gasteiger partial charge in [-0.25, -0.2) is 4.99 Å². The zero-order chi connectivity index (χ0) is 19.5. The second-order valence-electron chi connectivity index (χ2n) is 6.61. The molecular formula is C21H22ClN3O3. The van der Waals surface area contributed by atoms with Gasteiger partial charge in [0.1, 0.15) is 6.67 Å². The number of methoxy groups -OCH3 is 2. The number of aliphatic imine (C=N–C) groups is 1. The Kier molecular flexibility index (Phi) is 5.41. The van der Waals surface area contributed by atoms with Crippen molar-refractivity contribution in [3.63, 3.8) is 0 Å². The molecule has 7 heteroatoms. The van der Waals surface area contributed by atoms with E-state index in [2.05, 4.69) is 9.98 Å². The average Bonchev–Trinajstić information content (AvgIpc) is 3.32. The fraction of sp³-hybridized carbons (Fsp3) is 0.286. The summed E-state index contributed by atoms with van der Waals surface area (Å²) in [6.45, 7) is 1.28. The van der Waals surface area contributed by atoms with Gasteiger partial charge in [0.15, 0.2) is 11.5 Å². The molecule has 0 spiro atoms. The fourth-order valence-electron chi connectivity index (χ4n) is 3.34. The van der Waals surface area contributed by atoms with Gasteiger partial charge in [0.05, 0.1) is 20.6 Å². The van der Waals surface area contributed by atoms with Gasteiger partial charge in [-0.1, -0.05) is 17.7 Å². The Bertz CT molecular complexity index is 1020. The summed E-state index contributed by atoms with van der Waals surface area (Å²) in [5.74, 6) is 2.11. The van der Waals surface area contributed by atoms with E-state index >= 15 is 0 Å². The zero-order valence-electron chi connectivity index (χ0n) is 15.9. The lowest BCUT2D eigenvalue weighted by atomic mass is 10.1. The number of aromatic amines is 1. The first kappa shape index (κ1) is 18.7. The van der Waals surface area contributed by atoms with Gasteiger partial charge in [-0.2, -0.15) is 0 Å². The highest BCUT2D eigenvalue weighted by atomic mass is 35.5. The summed E-state index contributed by atoms with van der Waals surface area (Å²) in [6.07, 6.45) is 3.49. The second kappa shape index (κ2) is 8.12. The molecule has 146 valence electrons. The number of halogens is 1. The Hall–Kier alpha value is -2.70. The minimum Gasteiger partial charge on any atom is -0.493 e. The van der Waals surface area contributed by atoms with Crippen molar-refractivity contribution in [2.45, 2.75) is 12.8 Å². The van der Waals surface area contributed by atoms with Crippen LogP contribution >= 0.6 is 11.6 Å². The molecule has 0 atom stereocenters.